The number of rotatable bonds is 3. The van der Waals surface area contributed by atoms with Gasteiger partial charge in [-0.15, -0.1) is 0 Å². The van der Waals surface area contributed by atoms with Crippen LogP contribution in [0.5, 0.6) is 5.75 Å². The monoisotopic (exact) mass is 248 g/mol. The Labute approximate surface area is 90.1 Å². The quantitative estimate of drug-likeness (QED) is 0.856. The van der Waals surface area contributed by atoms with Crippen molar-refractivity contribution in [2.45, 2.75) is 11.5 Å². The highest BCUT2D eigenvalue weighted by Gasteiger charge is 2.19. The number of sulfonamides is 1. The minimum atomic E-state index is -4.15. The lowest BCUT2D eigenvalue weighted by atomic mass is 10.2. The molecule has 0 bridgehead atoms. The summed E-state index contributed by atoms with van der Waals surface area (Å²) in [5.74, 6) is -0.524. The van der Waals surface area contributed by atoms with E-state index in [2.05, 4.69) is 4.74 Å². The third-order valence-electron chi connectivity index (χ3n) is 1.62. The standard InChI is InChI=1S/C8H6F2N2O3S/c9-8(10)15-6-2-1-3-7(5(6)4-11)16(12,13)14/h1-3,8H,(H2,12,13,14). The molecule has 0 aromatic heterocycles. The van der Waals surface area contributed by atoms with Crippen molar-refractivity contribution in [2.75, 3.05) is 0 Å². The molecule has 0 amide bonds. The van der Waals surface area contributed by atoms with Crippen LogP contribution in [0.25, 0.3) is 0 Å². The summed E-state index contributed by atoms with van der Waals surface area (Å²) in [4.78, 5) is -0.548. The van der Waals surface area contributed by atoms with Crippen LogP contribution in [0.3, 0.4) is 0 Å². The van der Waals surface area contributed by atoms with Crippen LogP contribution in [-0.2, 0) is 10.0 Å². The first kappa shape index (κ1) is 12.4. The summed E-state index contributed by atoms with van der Waals surface area (Å²) in [6.07, 6.45) is 0. The average molecular weight is 248 g/mol. The average Bonchev–Trinajstić information content (AvgIpc) is 2.15. The first-order valence-electron chi connectivity index (χ1n) is 3.87. The van der Waals surface area contributed by atoms with Crippen molar-refractivity contribution in [3.05, 3.63) is 23.8 Å². The molecule has 5 nitrogen and oxygen atoms in total. The smallest absolute Gasteiger partial charge is 0.387 e. The summed E-state index contributed by atoms with van der Waals surface area (Å²) in [5, 5.41) is 13.5. The molecule has 0 aliphatic heterocycles. The summed E-state index contributed by atoms with van der Waals surface area (Å²) in [6, 6.07) is 4.70. The van der Waals surface area contributed by atoms with E-state index in [1.54, 1.807) is 0 Å². The van der Waals surface area contributed by atoms with Gasteiger partial charge in [0.15, 0.2) is 0 Å². The number of nitrogens with two attached hydrogens (primary N) is 1. The van der Waals surface area contributed by atoms with Crippen molar-refractivity contribution in [1.82, 2.24) is 0 Å². The number of nitriles is 1. The second-order valence-corrected chi connectivity index (χ2v) is 4.19. The highest BCUT2D eigenvalue weighted by molar-refractivity contribution is 7.89. The van der Waals surface area contributed by atoms with Gasteiger partial charge in [-0.2, -0.15) is 14.0 Å². The molecule has 0 radical (unpaired) electrons. The van der Waals surface area contributed by atoms with Gasteiger partial charge in [0.1, 0.15) is 22.3 Å². The Morgan fingerprint density at radius 2 is 2.06 bits per heavy atom. The third-order valence-corrected chi connectivity index (χ3v) is 2.58. The van der Waals surface area contributed by atoms with Crippen LogP contribution >= 0.6 is 0 Å². The highest BCUT2D eigenvalue weighted by Crippen LogP contribution is 2.25. The van der Waals surface area contributed by atoms with Gasteiger partial charge in [0, 0.05) is 0 Å². The normalized spacial score (nSPS) is 11.2. The molecule has 8 heteroatoms. The second kappa shape index (κ2) is 4.42. The van der Waals surface area contributed by atoms with Crippen LogP contribution < -0.4 is 9.88 Å². The van der Waals surface area contributed by atoms with Crippen molar-refractivity contribution in [3.63, 3.8) is 0 Å². The fourth-order valence-corrected chi connectivity index (χ4v) is 1.75. The zero-order valence-electron chi connectivity index (χ0n) is 7.72. The van der Waals surface area contributed by atoms with Gasteiger partial charge >= 0.3 is 6.61 Å². The molecule has 1 aromatic carbocycles. The number of halogens is 2. The number of hydrogen-bond donors (Lipinski definition) is 1. The molecule has 0 unspecified atom stereocenters. The summed E-state index contributed by atoms with van der Waals surface area (Å²) < 4.78 is 50.0. The molecular formula is C8H6F2N2O3S. The lowest BCUT2D eigenvalue weighted by Gasteiger charge is -2.08. The van der Waals surface area contributed by atoms with Crippen molar-refractivity contribution >= 4 is 10.0 Å². The van der Waals surface area contributed by atoms with Gasteiger partial charge in [-0.3, -0.25) is 0 Å². The maximum Gasteiger partial charge on any atom is 0.387 e. The van der Waals surface area contributed by atoms with Crippen LogP contribution in [0, 0.1) is 11.3 Å². The van der Waals surface area contributed by atoms with Crippen LogP contribution in [0.4, 0.5) is 8.78 Å². The van der Waals surface area contributed by atoms with Gasteiger partial charge in [0.2, 0.25) is 10.0 Å². The first-order valence-corrected chi connectivity index (χ1v) is 5.41. The Morgan fingerprint density at radius 3 is 2.50 bits per heavy atom. The lowest BCUT2D eigenvalue weighted by molar-refractivity contribution is -0.0501. The lowest BCUT2D eigenvalue weighted by Crippen LogP contribution is -2.15. The second-order valence-electron chi connectivity index (χ2n) is 2.66. The summed E-state index contributed by atoms with van der Waals surface area (Å²) in [6.45, 7) is -3.15. The van der Waals surface area contributed by atoms with Gasteiger partial charge in [-0.1, -0.05) is 6.07 Å². The Bertz CT molecular complexity index is 537. The Morgan fingerprint density at radius 1 is 1.44 bits per heavy atom. The van der Waals surface area contributed by atoms with Gasteiger partial charge in [-0.25, -0.2) is 13.6 Å². The molecule has 0 saturated carbocycles. The van der Waals surface area contributed by atoms with Crippen molar-refractivity contribution in [3.8, 4) is 11.8 Å². The fraction of sp³-hybridized carbons (Fsp3) is 0.125. The number of primary sulfonamides is 1. The number of hydrogen-bond acceptors (Lipinski definition) is 4. The fourth-order valence-electron chi connectivity index (χ4n) is 1.05. The third kappa shape index (κ3) is 2.65. The van der Waals surface area contributed by atoms with E-state index in [0.29, 0.717) is 0 Å². The van der Waals surface area contributed by atoms with Gasteiger partial charge < -0.3 is 4.74 Å². The number of ether oxygens (including phenoxy) is 1. The maximum absolute atomic E-state index is 12.0. The molecule has 0 aliphatic carbocycles. The summed E-state index contributed by atoms with van der Waals surface area (Å²) in [5.41, 5.74) is -0.537. The minimum absolute atomic E-state index is 0.524. The minimum Gasteiger partial charge on any atom is -0.433 e. The van der Waals surface area contributed by atoms with Crippen molar-refractivity contribution in [1.29, 1.82) is 5.26 Å². The van der Waals surface area contributed by atoms with Crippen LogP contribution in [0.2, 0.25) is 0 Å². The Kier molecular flexibility index (Phi) is 3.41. The molecule has 0 saturated heterocycles. The molecule has 0 aliphatic rings. The summed E-state index contributed by atoms with van der Waals surface area (Å²) >= 11 is 0. The molecule has 1 rings (SSSR count). The zero-order valence-corrected chi connectivity index (χ0v) is 8.54. The van der Waals surface area contributed by atoms with Gasteiger partial charge in [0.25, 0.3) is 0 Å². The molecule has 0 atom stereocenters. The predicted molar refractivity (Wildman–Crippen MR) is 49.2 cm³/mol. The number of alkyl halides is 2. The molecule has 0 heterocycles. The predicted octanol–water partition coefficient (Wildman–Crippen LogP) is 0.807. The Balaban J connectivity index is 3.40. The zero-order chi connectivity index (χ0) is 12.3. The van der Waals surface area contributed by atoms with Crippen LogP contribution in [0.15, 0.2) is 23.1 Å². The van der Waals surface area contributed by atoms with E-state index in [4.69, 9.17) is 10.4 Å². The first-order chi connectivity index (χ1) is 7.36. The number of nitrogens with zero attached hydrogens (tertiary/aromatic N) is 1. The highest BCUT2D eigenvalue weighted by atomic mass is 32.2. The van der Waals surface area contributed by atoms with Gasteiger partial charge in [-0.05, 0) is 12.1 Å². The molecule has 0 spiro atoms. The topological polar surface area (TPSA) is 93.2 Å². The SMILES string of the molecule is N#Cc1c(OC(F)F)cccc1S(N)(=O)=O. The van der Waals surface area contributed by atoms with E-state index in [1.165, 1.54) is 6.07 Å². The molecule has 86 valence electrons. The van der Waals surface area contributed by atoms with Gasteiger partial charge in [0.05, 0.1) is 0 Å². The van der Waals surface area contributed by atoms with E-state index < -0.39 is 32.8 Å². The maximum atomic E-state index is 12.0. The number of benzene rings is 1. The molecule has 2 N–H and O–H groups in total. The summed E-state index contributed by atoms with van der Waals surface area (Å²) in [7, 11) is -4.15. The molecule has 1 aromatic rings. The van der Waals surface area contributed by atoms with Crippen molar-refractivity contribution < 1.29 is 21.9 Å². The Hall–Kier alpha value is -1.72. The van der Waals surface area contributed by atoms with Crippen molar-refractivity contribution in [2.24, 2.45) is 5.14 Å². The molecule has 16 heavy (non-hydrogen) atoms. The van der Waals surface area contributed by atoms with E-state index in [1.807, 2.05) is 0 Å². The molecular weight excluding hydrogens is 242 g/mol. The molecule has 0 fully saturated rings. The largest absolute Gasteiger partial charge is 0.433 e. The van der Waals surface area contributed by atoms with E-state index in [-0.39, 0.29) is 0 Å². The van der Waals surface area contributed by atoms with Crippen LogP contribution in [-0.4, -0.2) is 15.0 Å². The van der Waals surface area contributed by atoms with E-state index in [0.717, 1.165) is 18.2 Å². The van der Waals surface area contributed by atoms with E-state index >= 15 is 0 Å². The van der Waals surface area contributed by atoms with E-state index in [9.17, 15) is 17.2 Å². The van der Waals surface area contributed by atoms with Crippen LogP contribution in [0.1, 0.15) is 5.56 Å².